The lowest BCUT2D eigenvalue weighted by Gasteiger charge is -2.13. The Morgan fingerprint density at radius 2 is 1.71 bits per heavy atom. The number of benzene rings is 1. The number of carbonyl (C=O) groups excluding carboxylic acids is 1. The molecule has 0 unspecified atom stereocenters. The van der Waals surface area contributed by atoms with E-state index in [1.165, 1.54) is 4.90 Å². The van der Waals surface area contributed by atoms with Gasteiger partial charge in [0.25, 0.3) is 5.91 Å². The first-order valence-electron chi connectivity index (χ1n) is 4.32. The Bertz CT molecular complexity index is 340. The lowest BCUT2D eigenvalue weighted by Crippen LogP contribution is -2.30. The van der Waals surface area contributed by atoms with Gasteiger partial charge in [0.1, 0.15) is 0 Å². The van der Waals surface area contributed by atoms with Crippen molar-refractivity contribution in [1.29, 1.82) is 0 Å². The van der Waals surface area contributed by atoms with E-state index in [1.54, 1.807) is 0 Å². The summed E-state index contributed by atoms with van der Waals surface area (Å²) >= 11 is 0. The van der Waals surface area contributed by atoms with Gasteiger partial charge >= 0.3 is 6.43 Å². The fourth-order valence-corrected chi connectivity index (χ4v) is 1.63. The average molecular weight is 197 g/mol. The third kappa shape index (κ3) is 1.47. The highest BCUT2D eigenvalue weighted by atomic mass is 19.3. The van der Waals surface area contributed by atoms with Crippen LogP contribution in [0.1, 0.15) is 11.1 Å². The maximum atomic E-state index is 12.1. The molecule has 0 aromatic heterocycles. The summed E-state index contributed by atoms with van der Waals surface area (Å²) < 4.78 is 24.2. The molecular weight excluding hydrogens is 188 g/mol. The molecule has 74 valence electrons. The number of hydrogen-bond donors (Lipinski definition) is 0. The Balaban J connectivity index is 2.16. The second kappa shape index (κ2) is 3.36. The van der Waals surface area contributed by atoms with Crippen molar-refractivity contribution in [2.45, 2.75) is 19.5 Å². The summed E-state index contributed by atoms with van der Waals surface area (Å²) in [5.74, 6) is -1.08. The monoisotopic (exact) mass is 197 g/mol. The second-order valence-electron chi connectivity index (χ2n) is 3.26. The predicted molar refractivity (Wildman–Crippen MR) is 46.7 cm³/mol. The smallest absolute Gasteiger partial charge is 0.315 e. The van der Waals surface area contributed by atoms with E-state index in [0.717, 1.165) is 11.1 Å². The van der Waals surface area contributed by atoms with E-state index >= 15 is 0 Å². The van der Waals surface area contributed by atoms with Gasteiger partial charge in [-0.25, -0.2) is 0 Å². The fourth-order valence-electron chi connectivity index (χ4n) is 1.63. The Kier molecular flexibility index (Phi) is 2.19. The van der Waals surface area contributed by atoms with Crippen molar-refractivity contribution in [3.63, 3.8) is 0 Å². The molecule has 0 spiro atoms. The quantitative estimate of drug-likeness (QED) is 0.672. The van der Waals surface area contributed by atoms with Gasteiger partial charge in [0.15, 0.2) is 0 Å². The summed E-state index contributed by atoms with van der Waals surface area (Å²) in [6, 6.07) is 7.40. The topological polar surface area (TPSA) is 20.3 Å². The SMILES string of the molecule is O=C(C(F)F)N1Cc2ccccc2C1. The lowest BCUT2D eigenvalue weighted by atomic mass is 10.1. The number of nitrogens with zero attached hydrogens (tertiary/aromatic N) is 1. The minimum absolute atomic E-state index is 0.305. The van der Waals surface area contributed by atoms with Crippen molar-refractivity contribution in [3.8, 4) is 0 Å². The van der Waals surface area contributed by atoms with E-state index in [2.05, 4.69) is 0 Å². The molecule has 2 rings (SSSR count). The normalized spacial score (nSPS) is 14.6. The van der Waals surface area contributed by atoms with Crippen molar-refractivity contribution < 1.29 is 13.6 Å². The van der Waals surface area contributed by atoms with Crippen LogP contribution in [0.25, 0.3) is 0 Å². The highest BCUT2D eigenvalue weighted by molar-refractivity contribution is 5.80. The summed E-state index contributed by atoms with van der Waals surface area (Å²) in [5, 5.41) is 0. The highest BCUT2D eigenvalue weighted by Gasteiger charge is 2.28. The van der Waals surface area contributed by atoms with Crippen LogP contribution in [0.2, 0.25) is 0 Å². The van der Waals surface area contributed by atoms with Gasteiger partial charge in [0.2, 0.25) is 0 Å². The van der Waals surface area contributed by atoms with Gasteiger partial charge in [-0.2, -0.15) is 8.78 Å². The van der Waals surface area contributed by atoms with Crippen LogP contribution in [0, 0.1) is 0 Å². The van der Waals surface area contributed by atoms with Crippen molar-refractivity contribution in [1.82, 2.24) is 4.90 Å². The van der Waals surface area contributed by atoms with Gasteiger partial charge in [-0.3, -0.25) is 4.79 Å². The number of amides is 1. The summed E-state index contributed by atoms with van der Waals surface area (Å²) in [6.45, 7) is 0.610. The first-order valence-corrected chi connectivity index (χ1v) is 4.32. The molecule has 1 amide bonds. The van der Waals surface area contributed by atoms with E-state index < -0.39 is 12.3 Å². The Morgan fingerprint density at radius 1 is 1.21 bits per heavy atom. The zero-order valence-corrected chi connectivity index (χ0v) is 7.41. The third-order valence-corrected chi connectivity index (χ3v) is 2.34. The molecule has 0 radical (unpaired) electrons. The largest absolute Gasteiger partial charge is 0.329 e. The van der Waals surface area contributed by atoms with Gasteiger partial charge in [0, 0.05) is 13.1 Å². The van der Waals surface area contributed by atoms with Crippen molar-refractivity contribution in [3.05, 3.63) is 35.4 Å². The maximum absolute atomic E-state index is 12.1. The molecule has 0 saturated heterocycles. The van der Waals surface area contributed by atoms with Crippen LogP contribution in [-0.4, -0.2) is 17.2 Å². The van der Waals surface area contributed by atoms with Crippen molar-refractivity contribution >= 4 is 5.91 Å². The Hall–Kier alpha value is -1.45. The maximum Gasteiger partial charge on any atom is 0.315 e. The average Bonchev–Trinajstić information content (AvgIpc) is 2.59. The lowest BCUT2D eigenvalue weighted by molar-refractivity contribution is -0.143. The molecule has 1 aromatic rings. The number of alkyl halides is 2. The number of halogens is 2. The van der Waals surface area contributed by atoms with E-state index in [4.69, 9.17) is 0 Å². The number of rotatable bonds is 1. The minimum atomic E-state index is -2.90. The van der Waals surface area contributed by atoms with Crippen LogP contribution in [0.3, 0.4) is 0 Å². The standard InChI is InChI=1S/C10H9F2NO/c11-9(12)10(14)13-5-7-3-1-2-4-8(7)6-13/h1-4,9H,5-6H2. The van der Waals surface area contributed by atoms with Crippen molar-refractivity contribution in [2.75, 3.05) is 0 Å². The highest BCUT2D eigenvalue weighted by Crippen LogP contribution is 2.23. The molecule has 0 aliphatic carbocycles. The first kappa shape index (κ1) is 9.12. The van der Waals surface area contributed by atoms with E-state index in [1.807, 2.05) is 24.3 Å². The van der Waals surface area contributed by atoms with Gasteiger partial charge in [-0.1, -0.05) is 24.3 Å². The number of carbonyl (C=O) groups is 1. The van der Waals surface area contributed by atoms with E-state index in [9.17, 15) is 13.6 Å². The van der Waals surface area contributed by atoms with Gasteiger partial charge < -0.3 is 4.90 Å². The first-order chi connectivity index (χ1) is 6.68. The third-order valence-electron chi connectivity index (χ3n) is 2.34. The van der Waals surface area contributed by atoms with Gasteiger partial charge in [-0.05, 0) is 11.1 Å². The van der Waals surface area contributed by atoms with Crippen LogP contribution in [-0.2, 0) is 17.9 Å². The molecule has 4 heteroatoms. The van der Waals surface area contributed by atoms with Gasteiger partial charge in [-0.15, -0.1) is 0 Å². The molecule has 0 atom stereocenters. The summed E-state index contributed by atoms with van der Waals surface area (Å²) in [7, 11) is 0. The summed E-state index contributed by atoms with van der Waals surface area (Å²) in [6.07, 6.45) is -2.90. The van der Waals surface area contributed by atoms with Gasteiger partial charge in [0.05, 0.1) is 0 Å². The Morgan fingerprint density at radius 3 is 2.14 bits per heavy atom. The molecule has 1 heterocycles. The van der Waals surface area contributed by atoms with Crippen molar-refractivity contribution in [2.24, 2.45) is 0 Å². The predicted octanol–water partition coefficient (Wildman–Crippen LogP) is 1.79. The molecule has 0 N–H and O–H groups in total. The van der Waals surface area contributed by atoms with Crippen LogP contribution >= 0.6 is 0 Å². The van der Waals surface area contributed by atoms with E-state index in [0.29, 0.717) is 13.1 Å². The number of fused-ring (bicyclic) bond motifs is 1. The van der Waals surface area contributed by atoms with E-state index in [-0.39, 0.29) is 0 Å². The molecule has 1 aliphatic rings. The van der Waals surface area contributed by atoms with Crippen LogP contribution in [0.15, 0.2) is 24.3 Å². The minimum Gasteiger partial charge on any atom is -0.329 e. The zero-order valence-electron chi connectivity index (χ0n) is 7.41. The zero-order chi connectivity index (χ0) is 10.1. The molecule has 1 aromatic carbocycles. The summed E-state index contributed by atoms with van der Waals surface area (Å²) in [5.41, 5.74) is 1.92. The molecule has 2 nitrogen and oxygen atoms in total. The van der Waals surface area contributed by atoms with Crippen LogP contribution in [0.5, 0.6) is 0 Å². The molecule has 0 saturated carbocycles. The number of hydrogen-bond acceptors (Lipinski definition) is 1. The van der Waals surface area contributed by atoms with Crippen LogP contribution in [0.4, 0.5) is 8.78 Å². The van der Waals surface area contributed by atoms with Crippen LogP contribution < -0.4 is 0 Å². The molecule has 1 aliphatic heterocycles. The second-order valence-corrected chi connectivity index (χ2v) is 3.26. The molecular formula is C10H9F2NO. The molecule has 0 bridgehead atoms. The fraction of sp³-hybridized carbons (Fsp3) is 0.300. The molecule has 0 fully saturated rings. The summed E-state index contributed by atoms with van der Waals surface area (Å²) in [4.78, 5) is 12.2. The molecule has 14 heavy (non-hydrogen) atoms. The Labute approximate surface area is 80.1 Å².